The number of carbonyl (C=O) groups is 1. The lowest BCUT2D eigenvalue weighted by Gasteiger charge is -2.16. The molecular weight excluding hydrogens is 321 g/mol. The van der Waals surface area contributed by atoms with Gasteiger partial charge in [-0.25, -0.2) is 17.5 Å². The molecule has 8 heteroatoms. The van der Waals surface area contributed by atoms with Gasteiger partial charge in [-0.1, -0.05) is 19.8 Å². The summed E-state index contributed by atoms with van der Waals surface area (Å²) in [5.41, 5.74) is 5.59. The molecule has 0 fully saturated rings. The Morgan fingerprint density at radius 3 is 2.52 bits per heavy atom. The van der Waals surface area contributed by atoms with E-state index in [1.807, 2.05) is 0 Å². The lowest BCUT2D eigenvalue weighted by Crippen LogP contribution is -2.41. The van der Waals surface area contributed by atoms with Crippen molar-refractivity contribution in [3.63, 3.8) is 0 Å². The minimum atomic E-state index is -3.74. The SMILES string of the molecule is CCCCC(CN)NC(=O)CCNS(=O)(=O)c1ccc(F)cc1. The molecule has 0 aliphatic heterocycles. The van der Waals surface area contributed by atoms with Crippen molar-refractivity contribution in [2.45, 2.75) is 43.5 Å². The Morgan fingerprint density at radius 1 is 1.30 bits per heavy atom. The fourth-order valence-corrected chi connectivity index (χ4v) is 3.03. The van der Waals surface area contributed by atoms with Crippen molar-refractivity contribution < 1.29 is 17.6 Å². The monoisotopic (exact) mass is 345 g/mol. The van der Waals surface area contributed by atoms with Crippen LogP contribution in [0.5, 0.6) is 0 Å². The predicted octanol–water partition coefficient (Wildman–Crippen LogP) is 1.13. The van der Waals surface area contributed by atoms with E-state index in [0.717, 1.165) is 31.4 Å². The number of carbonyl (C=O) groups excluding carboxylic acids is 1. The highest BCUT2D eigenvalue weighted by atomic mass is 32.2. The van der Waals surface area contributed by atoms with Gasteiger partial charge in [0.25, 0.3) is 0 Å². The molecule has 0 aliphatic rings. The maximum absolute atomic E-state index is 12.8. The van der Waals surface area contributed by atoms with E-state index in [0.29, 0.717) is 6.54 Å². The number of halogens is 1. The fourth-order valence-electron chi connectivity index (χ4n) is 2.00. The lowest BCUT2D eigenvalue weighted by atomic mass is 10.1. The average molecular weight is 345 g/mol. The molecule has 0 aliphatic carbocycles. The van der Waals surface area contributed by atoms with Crippen LogP contribution in [0.15, 0.2) is 29.2 Å². The van der Waals surface area contributed by atoms with E-state index in [1.165, 1.54) is 12.1 Å². The number of amides is 1. The molecule has 0 radical (unpaired) electrons. The summed E-state index contributed by atoms with van der Waals surface area (Å²) in [6, 6.07) is 4.40. The van der Waals surface area contributed by atoms with Gasteiger partial charge >= 0.3 is 0 Å². The quantitative estimate of drug-likeness (QED) is 0.591. The van der Waals surface area contributed by atoms with Gasteiger partial charge in [0, 0.05) is 25.6 Å². The number of hydrogen-bond acceptors (Lipinski definition) is 4. The third-order valence-electron chi connectivity index (χ3n) is 3.32. The second-order valence-electron chi connectivity index (χ2n) is 5.24. The number of hydrogen-bond donors (Lipinski definition) is 3. The van der Waals surface area contributed by atoms with Gasteiger partial charge in [-0.05, 0) is 30.7 Å². The van der Waals surface area contributed by atoms with Crippen LogP contribution in [0, 0.1) is 5.82 Å². The van der Waals surface area contributed by atoms with E-state index in [4.69, 9.17) is 5.73 Å². The molecule has 130 valence electrons. The predicted molar refractivity (Wildman–Crippen MR) is 86.7 cm³/mol. The third-order valence-corrected chi connectivity index (χ3v) is 4.80. The summed E-state index contributed by atoms with van der Waals surface area (Å²) in [7, 11) is -3.74. The summed E-state index contributed by atoms with van der Waals surface area (Å²) in [6.45, 7) is 2.38. The Hall–Kier alpha value is -1.51. The van der Waals surface area contributed by atoms with Crippen LogP contribution in [0.25, 0.3) is 0 Å². The topological polar surface area (TPSA) is 101 Å². The van der Waals surface area contributed by atoms with Crippen molar-refractivity contribution in [1.82, 2.24) is 10.0 Å². The maximum atomic E-state index is 12.8. The molecule has 0 heterocycles. The summed E-state index contributed by atoms with van der Waals surface area (Å²) in [4.78, 5) is 11.8. The van der Waals surface area contributed by atoms with E-state index in [9.17, 15) is 17.6 Å². The first kappa shape index (κ1) is 19.5. The minimum absolute atomic E-state index is 0.0169. The third kappa shape index (κ3) is 7.06. The highest BCUT2D eigenvalue weighted by Crippen LogP contribution is 2.09. The highest BCUT2D eigenvalue weighted by Gasteiger charge is 2.15. The van der Waals surface area contributed by atoms with E-state index in [-0.39, 0.29) is 29.8 Å². The van der Waals surface area contributed by atoms with Gasteiger partial charge in [-0.3, -0.25) is 4.79 Å². The zero-order valence-electron chi connectivity index (χ0n) is 13.2. The molecule has 4 N–H and O–H groups in total. The molecule has 0 aromatic heterocycles. The van der Waals surface area contributed by atoms with Crippen LogP contribution < -0.4 is 15.8 Å². The molecule has 0 saturated carbocycles. The molecule has 1 amide bonds. The second kappa shape index (κ2) is 9.59. The molecular formula is C15H24FN3O3S. The standard InChI is InChI=1S/C15H24FN3O3S/c1-2-3-4-13(11-17)19-15(20)9-10-18-23(21,22)14-7-5-12(16)6-8-14/h5-8,13,18H,2-4,9-11,17H2,1H3,(H,19,20). The molecule has 1 rings (SSSR count). The van der Waals surface area contributed by atoms with Crippen LogP contribution in [-0.2, 0) is 14.8 Å². The Balaban J connectivity index is 2.43. The molecule has 0 spiro atoms. The zero-order valence-corrected chi connectivity index (χ0v) is 14.0. The minimum Gasteiger partial charge on any atom is -0.352 e. The van der Waals surface area contributed by atoms with Crippen LogP contribution in [0.4, 0.5) is 4.39 Å². The average Bonchev–Trinajstić information content (AvgIpc) is 2.51. The van der Waals surface area contributed by atoms with Crippen LogP contribution in [-0.4, -0.2) is 33.5 Å². The Bertz CT molecular complexity index is 590. The van der Waals surface area contributed by atoms with Gasteiger partial charge in [0.1, 0.15) is 5.82 Å². The Morgan fingerprint density at radius 2 is 1.96 bits per heavy atom. The second-order valence-corrected chi connectivity index (χ2v) is 7.01. The molecule has 1 aromatic carbocycles. The van der Waals surface area contributed by atoms with E-state index < -0.39 is 15.8 Å². The maximum Gasteiger partial charge on any atom is 0.240 e. The summed E-state index contributed by atoms with van der Waals surface area (Å²) in [6.07, 6.45) is 2.81. The summed E-state index contributed by atoms with van der Waals surface area (Å²) in [5.74, 6) is -0.762. The molecule has 0 saturated heterocycles. The van der Waals surface area contributed by atoms with Crippen molar-refractivity contribution in [1.29, 1.82) is 0 Å². The van der Waals surface area contributed by atoms with Gasteiger partial charge in [-0.15, -0.1) is 0 Å². The van der Waals surface area contributed by atoms with Gasteiger partial charge in [0.2, 0.25) is 15.9 Å². The van der Waals surface area contributed by atoms with Gasteiger partial charge in [-0.2, -0.15) is 0 Å². The van der Waals surface area contributed by atoms with Gasteiger partial charge in [0.15, 0.2) is 0 Å². The van der Waals surface area contributed by atoms with Crippen molar-refractivity contribution in [3.05, 3.63) is 30.1 Å². The van der Waals surface area contributed by atoms with E-state index >= 15 is 0 Å². The largest absolute Gasteiger partial charge is 0.352 e. The smallest absolute Gasteiger partial charge is 0.240 e. The summed E-state index contributed by atoms with van der Waals surface area (Å²) in [5, 5.41) is 2.79. The summed E-state index contributed by atoms with van der Waals surface area (Å²) >= 11 is 0. The Kier molecular flexibility index (Phi) is 8.15. The number of nitrogens with one attached hydrogen (secondary N) is 2. The summed E-state index contributed by atoms with van der Waals surface area (Å²) < 4.78 is 39.0. The normalized spacial score (nSPS) is 12.8. The van der Waals surface area contributed by atoms with Crippen LogP contribution in [0.2, 0.25) is 0 Å². The van der Waals surface area contributed by atoms with Gasteiger partial charge < -0.3 is 11.1 Å². The first-order valence-electron chi connectivity index (χ1n) is 7.63. The number of sulfonamides is 1. The fraction of sp³-hybridized carbons (Fsp3) is 0.533. The first-order valence-corrected chi connectivity index (χ1v) is 9.12. The van der Waals surface area contributed by atoms with Crippen LogP contribution in [0.1, 0.15) is 32.6 Å². The van der Waals surface area contributed by atoms with Crippen molar-refractivity contribution in [3.8, 4) is 0 Å². The number of unbranched alkanes of at least 4 members (excludes halogenated alkanes) is 1. The van der Waals surface area contributed by atoms with E-state index in [1.54, 1.807) is 0 Å². The van der Waals surface area contributed by atoms with E-state index in [2.05, 4.69) is 17.0 Å². The van der Waals surface area contributed by atoms with Crippen LogP contribution >= 0.6 is 0 Å². The number of rotatable bonds is 10. The van der Waals surface area contributed by atoms with Crippen molar-refractivity contribution in [2.75, 3.05) is 13.1 Å². The zero-order chi connectivity index (χ0) is 17.3. The van der Waals surface area contributed by atoms with Gasteiger partial charge in [0.05, 0.1) is 4.90 Å². The number of nitrogens with two attached hydrogens (primary N) is 1. The lowest BCUT2D eigenvalue weighted by molar-refractivity contribution is -0.121. The molecule has 6 nitrogen and oxygen atoms in total. The van der Waals surface area contributed by atoms with Crippen LogP contribution in [0.3, 0.4) is 0 Å². The molecule has 1 atom stereocenters. The number of benzene rings is 1. The highest BCUT2D eigenvalue weighted by molar-refractivity contribution is 7.89. The first-order chi connectivity index (χ1) is 10.9. The van der Waals surface area contributed by atoms with Crippen molar-refractivity contribution in [2.24, 2.45) is 5.73 Å². The molecule has 23 heavy (non-hydrogen) atoms. The molecule has 1 unspecified atom stereocenters. The van der Waals surface area contributed by atoms with Crippen molar-refractivity contribution >= 4 is 15.9 Å². The molecule has 0 bridgehead atoms. The Labute approximate surface area is 136 Å². The molecule has 1 aromatic rings.